The number of H-pyrrole nitrogens is 1. The standard InChI is InChI=1S/C23H23N5O2S/c1-28-22-19(12-7-13-24-22)30-15-17(23(28)31)10-5-6-11-18(29)21-25-20(26-27-21)14-16-8-3-2-4-9-16/h2-5,7-10,12-13,17H,6,11,14-15H2,1H3,(H,25,26,27)/b10-5+/t17-/m0/s1. The van der Waals surface area contributed by atoms with Gasteiger partial charge in [-0.1, -0.05) is 54.7 Å². The normalized spacial score (nSPS) is 16.1. The minimum Gasteiger partial charge on any atom is -0.489 e. The molecule has 1 aliphatic heterocycles. The van der Waals surface area contributed by atoms with Crippen LogP contribution in [0.15, 0.2) is 60.8 Å². The molecule has 1 atom stereocenters. The van der Waals surface area contributed by atoms with E-state index in [0.29, 0.717) is 37.5 Å². The molecule has 0 aliphatic carbocycles. The first-order valence-corrected chi connectivity index (χ1v) is 10.5. The lowest BCUT2D eigenvalue weighted by molar-refractivity contribution is 0.0974. The van der Waals surface area contributed by atoms with E-state index in [9.17, 15) is 4.79 Å². The number of Topliss-reactive ketones (excluding diaryl/α,β-unsaturated/α-hetero) is 1. The third-order valence-electron chi connectivity index (χ3n) is 5.04. The van der Waals surface area contributed by atoms with Crippen LogP contribution in [0, 0.1) is 5.92 Å². The van der Waals surface area contributed by atoms with Crippen LogP contribution in [0.5, 0.6) is 5.75 Å². The maximum absolute atomic E-state index is 12.4. The molecule has 1 aliphatic rings. The fourth-order valence-corrected chi connectivity index (χ4v) is 3.59. The van der Waals surface area contributed by atoms with Crippen molar-refractivity contribution in [3.8, 4) is 5.75 Å². The monoisotopic (exact) mass is 433 g/mol. The molecule has 0 bridgehead atoms. The highest BCUT2D eigenvalue weighted by molar-refractivity contribution is 7.80. The number of thiocarbonyl (C=S) groups is 1. The summed E-state index contributed by atoms with van der Waals surface area (Å²) < 4.78 is 5.87. The first-order valence-electron chi connectivity index (χ1n) is 10.1. The van der Waals surface area contributed by atoms with E-state index in [0.717, 1.165) is 22.1 Å². The number of rotatable bonds is 7. The SMILES string of the molecule is CN1C(=S)[C@@H](/C=C/CCC(=O)c2nc(Cc3ccccc3)n[nH]2)COc2cccnc21. The van der Waals surface area contributed by atoms with Crippen molar-refractivity contribution in [1.82, 2.24) is 20.2 Å². The molecule has 0 saturated heterocycles. The lowest BCUT2D eigenvalue weighted by Gasteiger charge is -2.19. The van der Waals surface area contributed by atoms with Crippen LogP contribution in [0.3, 0.4) is 0 Å². The molecule has 0 fully saturated rings. The van der Waals surface area contributed by atoms with Gasteiger partial charge in [-0.2, -0.15) is 5.10 Å². The summed E-state index contributed by atoms with van der Waals surface area (Å²) >= 11 is 5.61. The molecule has 31 heavy (non-hydrogen) atoms. The number of carbonyl (C=O) groups excluding carboxylic acids is 1. The minimum absolute atomic E-state index is 0.0629. The molecule has 3 heterocycles. The number of aromatic amines is 1. The summed E-state index contributed by atoms with van der Waals surface area (Å²) in [6.45, 7) is 0.442. The molecular weight excluding hydrogens is 410 g/mol. The van der Waals surface area contributed by atoms with Crippen LogP contribution in [0.1, 0.15) is 34.8 Å². The van der Waals surface area contributed by atoms with E-state index < -0.39 is 0 Å². The van der Waals surface area contributed by atoms with Crippen molar-refractivity contribution in [2.75, 3.05) is 18.6 Å². The second-order valence-corrected chi connectivity index (χ2v) is 7.71. The Labute approximate surface area is 186 Å². The van der Waals surface area contributed by atoms with E-state index in [4.69, 9.17) is 17.0 Å². The summed E-state index contributed by atoms with van der Waals surface area (Å²) in [4.78, 5) is 23.8. The smallest absolute Gasteiger partial charge is 0.199 e. The van der Waals surface area contributed by atoms with Crippen molar-refractivity contribution < 1.29 is 9.53 Å². The Morgan fingerprint density at radius 1 is 1.29 bits per heavy atom. The van der Waals surface area contributed by atoms with Gasteiger partial charge in [0.25, 0.3) is 0 Å². The number of allylic oxidation sites excluding steroid dienone is 1. The van der Waals surface area contributed by atoms with Gasteiger partial charge in [0.05, 0.1) is 10.9 Å². The summed E-state index contributed by atoms with van der Waals surface area (Å²) in [5, 5.41) is 6.92. The fraction of sp³-hybridized carbons (Fsp3) is 0.261. The molecule has 0 spiro atoms. The number of hydrogen-bond donors (Lipinski definition) is 1. The molecule has 3 aromatic rings. The second-order valence-electron chi connectivity index (χ2n) is 7.29. The number of aromatic nitrogens is 4. The van der Waals surface area contributed by atoms with E-state index >= 15 is 0 Å². The van der Waals surface area contributed by atoms with Gasteiger partial charge in [-0.3, -0.25) is 9.89 Å². The topological polar surface area (TPSA) is 84.0 Å². The van der Waals surface area contributed by atoms with E-state index in [1.54, 1.807) is 6.20 Å². The Morgan fingerprint density at radius 3 is 2.97 bits per heavy atom. The predicted octanol–water partition coefficient (Wildman–Crippen LogP) is 3.78. The zero-order chi connectivity index (χ0) is 21.6. The Bertz CT molecular complexity index is 1100. The van der Waals surface area contributed by atoms with Gasteiger partial charge < -0.3 is 9.64 Å². The first kappa shape index (κ1) is 20.9. The molecule has 1 aromatic carbocycles. The van der Waals surface area contributed by atoms with Gasteiger partial charge in [-0.25, -0.2) is 9.97 Å². The summed E-state index contributed by atoms with van der Waals surface area (Å²) in [5.74, 6) is 2.22. The number of nitrogens with zero attached hydrogens (tertiary/aromatic N) is 4. The summed E-state index contributed by atoms with van der Waals surface area (Å²) in [6, 6.07) is 13.6. The molecule has 158 valence electrons. The largest absolute Gasteiger partial charge is 0.489 e. The number of ketones is 1. The number of pyridine rings is 1. The van der Waals surface area contributed by atoms with Crippen LogP contribution in [0.2, 0.25) is 0 Å². The Morgan fingerprint density at radius 2 is 2.13 bits per heavy atom. The maximum Gasteiger partial charge on any atom is 0.199 e. The Balaban J connectivity index is 1.30. The van der Waals surface area contributed by atoms with Gasteiger partial charge in [-0.15, -0.1) is 0 Å². The average molecular weight is 434 g/mol. The number of fused-ring (bicyclic) bond motifs is 1. The number of ether oxygens (including phenoxy) is 1. The predicted molar refractivity (Wildman–Crippen MR) is 123 cm³/mol. The van der Waals surface area contributed by atoms with Crippen molar-refractivity contribution in [1.29, 1.82) is 0 Å². The van der Waals surface area contributed by atoms with Gasteiger partial charge in [0.1, 0.15) is 6.61 Å². The number of carbonyl (C=O) groups is 1. The first-order chi connectivity index (χ1) is 15.1. The quantitative estimate of drug-likeness (QED) is 0.345. The van der Waals surface area contributed by atoms with E-state index in [1.807, 2.05) is 66.6 Å². The highest BCUT2D eigenvalue weighted by atomic mass is 32.1. The zero-order valence-corrected chi connectivity index (χ0v) is 18.0. The molecule has 1 N–H and O–H groups in total. The van der Waals surface area contributed by atoms with Crippen LogP contribution in [-0.2, 0) is 6.42 Å². The second kappa shape index (κ2) is 9.61. The van der Waals surface area contributed by atoms with Crippen LogP contribution >= 0.6 is 12.2 Å². The van der Waals surface area contributed by atoms with Gasteiger partial charge in [0, 0.05) is 26.1 Å². The van der Waals surface area contributed by atoms with Gasteiger partial charge in [-0.05, 0) is 24.1 Å². The number of nitrogens with one attached hydrogen (secondary N) is 1. The summed E-state index contributed by atoms with van der Waals surface area (Å²) in [5.41, 5.74) is 1.10. The molecule has 0 radical (unpaired) electrons. The number of anilines is 1. The fourth-order valence-electron chi connectivity index (χ4n) is 3.36. The van der Waals surface area contributed by atoms with Gasteiger partial charge >= 0.3 is 0 Å². The van der Waals surface area contributed by atoms with Gasteiger partial charge in [0.15, 0.2) is 29.0 Å². The van der Waals surface area contributed by atoms with Gasteiger partial charge in [0.2, 0.25) is 0 Å². The van der Waals surface area contributed by atoms with E-state index in [2.05, 4.69) is 20.2 Å². The molecular formula is C23H23N5O2S. The highest BCUT2D eigenvalue weighted by Crippen LogP contribution is 2.29. The maximum atomic E-state index is 12.4. The zero-order valence-electron chi connectivity index (χ0n) is 17.2. The highest BCUT2D eigenvalue weighted by Gasteiger charge is 2.25. The number of hydrogen-bond acceptors (Lipinski definition) is 6. The molecule has 0 unspecified atom stereocenters. The minimum atomic E-state index is -0.0649. The third kappa shape index (κ3) is 5.03. The van der Waals surface area contributed by atoms with Crippen molar-refractivity contribution in [3.05, 3.63) is 78.0 Å². The summed E-state index contributed by atoms with van der Waals surface area (Å²) in [7, 11) is 1.89. The molecule has 8 heteroatoms. The lowest BCUT2D eigenvalue weighted by atomic mass is 10.1. The summed E-state index contributed by atoms with van der Waals surface area (Å²) in [6.07, 6.45) is 7.21. The van der Waals surface area contributed by atoms with Crippen LogP contribution in [0.4, 0.5) is 5.82 Å². The average Bonchev–Trinajstić information content (AvgIpc) is 3.22. The van der Waals surface area contributed by atoms with Crippen LogP contribution in [-0.4, -0.2) is 44.6 Å². The van der Waals surface area contributed by atoms with E-state index in [-0.39, 0.29) is 11.7 Å². The van der Waals surface area contributed by atoms with Crippen LogP contribution < -0.4 is 9.64 Å². The number of benzene rings is 1. The molecule has 0 saturated carbocycles. The van der Waals surface area contributed by atoms with Crippen LogP contribution in [0.25, 0.3) is 0 Å². The van der Waals surface area contributed by atoms with Crippen molar-refractivity contribution >= 4 is 28.8 Å². The van der Waals surface area contributed by atoms with Crippen molar-refractivity contribution in [3.63, 3.8) is 0 Å². The molecule has 0 amide bonds. The third-order valence-corrected chi connectivity index (χ3v) is 5.62. The lowest BCUT2D eigenvalue weighted by Crippen LogP contribution is -2.31. The molecule has 2 aromatic heterocycles. The van der Waals surface area contributed by atoms with Crippen molar-refractivity contribution in [2.24, 2.45) is 5.92 Å². The van der Waals surface area contributed by atoms with E-state index in [1.165, 1.54) is 0 Å². The molecule has 7 nitrogen and oxygen atoms in total. The molecule has 4 rings (SSSR count). The Hall–Kier alpha value is -3.39. The Kier molecular flexibility index (Phi) is 6.47. The van der Waals surface area contributed by atoms with Crippen molar-refractivity contribution in [2.45, 2.75) is 19.3 Å².